The second kappa shape index (κ2) is 6.82. The number of ether oxygens (including phenoxy) is 1. The van der Waals surface area contributed by atoms with E-state index >= 15 is 0 Å². The van der Waals surface area contributed by atoms with Gasteiger partial charge in [-0.25, -0.2) is 4.99 Å². The van der Waals surface area contributed by atoms with Crippen molar-refractivity contribution in [1.82, 2.24) is 0 Å². The topological polar surface area (TPSA) is 21.6 Å². The van der Waals surface area contributed by atoms with Crippen LogP contribution in [0.15, 0.2) is 120 Å². The molecule has 4 aromatic carbocycles. The highest BCUT2D eigenvalue weighted by atomic mass is 16.5. The normalized spacial score (nSPS) is 15.8. The molecule has 0 saturated carbocycles. The smallest absolute Gasteiger partial charge is 0.223 e. The van der Waals surface area contributed by atoms with Crippen LogP contribution < -0.4 is 0 Å². The number of benzene rings is 4. The first kappa shape index (κ1) is 16.5. The average Bonchev–Trinajstić information content (AvgIpc) is 3.11. The van der Waals surface area contributed by atoms with E-state index in [2.05, 4.69) is 66.7 Å². The molecule has 28 heavy (non-hydrogen) atoms. The van der Waals surface area contributed by atoms with Crippen LogP contribution >= 0.6 is 0 Å². The molecule has 0 aliphatic carbocycles. The lowest BCUT2D eigenvalue weighted by Gasteiger charge is -2.30. The van der Waals surface area contributed by atoms with Crippen molar-refractivity contribution in [3.63, 3.8) is 0 Å². The van der Waals surface area contributed by atoms with E-state index in [9.17, 15) is 0 Å². The number of fused-ring (bicyclic) bond motifs is 1. The number of para-hydroxylation sites is 1. The summed E-state index contributed by atoms with van der Waals surface area (Å²) in [6.45, 7) is 0. The van der Waals surface area contributed by atoms with Crippen molar-refractivity contribution in [1.29, 1.82) is 0 Å². The zero-order valence-corrected chi connectivity index (χ0v) is 15.3. The molecule has 0 saturated heterocycles. The maximum atomic E-state index is 6.75. The molecule has 4 aromatic rings. The minimum atomic E-state index is -0.716. The van der Waals surface area contributed by atoms with E-state index in [1.807, 2.05) is 48.5 Å². The maximum Gasteiger partial charge on any atom is 0.223 e. The third-order valence-electron chi connectivity index (χ3n) is 5.13. The molecule has 0 aromatic heterocycles. The highest BCUT2D eigenvalue weighted by Crippen LogP contribution is 2.47. The molecule has 0 spiro atoms. The molecule has 0 amide bonds. The molecule has 134 valence electrons. The van der Waals surface area contributed by atoms with Gasteiger partial charge in [-0.1, -0.05) is 97.1 Å². The van der Waals surface area contributed by atoms with Crippen molar-refractivity contribution in [2.24, 2.45) is 4.99 Å². The fourth-order valence-electron chi connectivity index (χ4n) is 3.88. The van der Waals surface area contributed by atoms with Crippen molar-refractivity contribution in [3.05, 3.63) is 138 Å². The van der Waals surface area contributed by atoms with Gasteiger partial charge >= 0.3 is 0 Å². The highest BCUT2D eigenvalue weighted by molar-refractivity contribution is 6.01. The summed E-state index contributed by atoms with van der Waals surface area (Å²) in [5.41, 5.74) is 4.48. The van der Waals surface area contributed by atoms with Crippen LogP contribution in [0.1, 0.15) is 22.3 Å². The minimum absolute atomic E-state index is 0.648. The molecule has 0 radical (unpaired) electrons. The summed E-state index contributed by atoms with van der Waals surface area (Å²) in [7, 11) is 0. The van der Waals surface area contributed by atoms with Crippen molar-refractivity contribution >= 4 is 11.6 Å². The van der Waals surface area contributed by atoms with Gasteiger partial charge in [-0.3, -0.25) is 0 Å². The van der Waals surface area contributed by atoms with Gasteiger partial charge in [-0.15, -0.1) is 0 Å². The molecule has 1 aliphatic heterocycles. The number of nitrogens with zero attached hydrogens (tertiary/aromatic N) is 1. The van der Waals surface area contributed by atoms with Crippen LogP contribution in [-0.4, -0.2) is 5.90 Å². The van der Waals surface area contributed by atoms with Gasteiger partial charge in [-0.2, -0.15) is 0 Å². The Labute approximate surface area is 164 Å². The first-order valence-electron chi connectivity index (χ1n) is 9.41. The van der Waals surface area contributed by atoms with Crippen molar-refractivity contribution in [2.45, 2.75) is 5.60 Å². The molecule has 0 unspecified atom stereocenters. The van der Waals surface area contributed by atoms with Crippen LogP contribution in [0.5, 0.6) is 0 Å². The number of hydrogen-bond acceptors (Lipinski definition) is 2. The molecular formula is C26H19NO. The Hall–Kier alpha value is -3.65. The summed E-state index contributed by atoms with van der Waals surface area (Å²) < 4.78 is 6.75. The van der Waals surface area contributed by atoms with Gasteiger partial charge in [-0.05, 0) is 18.2 Å². The number of aliphatic imine (C=N–C) groups is 1. The van der Waals surface area contributed by atoms with Crippen LogP contribution in [0.2, 0.25) is 0 Å². The first-order valence-corrected chi connectivity index (χ1v) is 9.41. The van der Waals surface area contributed by atoms with Crippen molar-refractivity contribution < 1.29 is 4.74 Å². The van der Waals surface area contributed by atoms with Crippen LogP contribution in [0.4, 0.5) is 5.69 Å². The molecule has 0 fully saturated rings. The van der Waals surface area contributed by atoms with Crippen LogP contribution in [0, 0.1) is 0 Å². The summed E-state index contributed by atoms with van der Waals surface area (Å²) in [5.74, 6) is 0.648. The SMILES string of the molecule is c1ccc(N=C2OC(c3ccccc3)(c3ccccc3)c3ccccc32)cc1. The van der Waals surface area contributed by atoms with Gasteiger partial charge in [0.15, 0.2) is 5.60 Å². The van der Waals surface area contributed by atoms with Crippen LogP contribution in [0.25, 0.3) is 0 Å². The quantitative estimate of drug-likeness (QED) is 0.433. The summed E-state index contributed by atoms with van der Waals surface area (Å²) in [6.07, 6.45) is 0. The van der Waals surface area contributed by atoms with Gasteiger partial charge in [0, 0.05) is 22.3 Å². The van der Waals surface area contributed by atoms with E-state index < -0.39 is 5.60 Å². The molecule has 0 bridgehead atoms. The Morgan fingerprint density at radius 2 is 1.04 bits per heavy atom. The standard InChI is InChI=1S/C26H19NO/c1-4-12-20(13-5-1)26(21-14-6-2-7-15-21)24-19-11-10-18-23(24)25(28-26)27-22-16-8-3-9-17-22/h1-19H. The second-order valence-electron chi connectivity index (χ2n) is 6.81. The lowest BCUT2D eigenvalue weighted by molar-refractivity contribution is 0.158. The van der Waals surface area contributed by atoms with Gasteiger partial charge in [0.2, 0.25) is 5.90 Å². The van der Waals surface area contributed by atoms with Gasteiger partial charge < -0.3 is 4.74 Å². The van der Waals surface area contributed by atoms with E-state index in [-0.39, 0.29) is 0 Å². The number of hydrogen-bond donors (Lipinski definition) is 0. The van der Waals surface area contributed by atoms with E-state index in [4.69, 9.17) is 9.73 Å². The lowest BCUT2D eigenvalue weighted by atomic mass is 9.80. The summed E-state index contributed by atoms with van der Waals surface area (Å²) in [6, 6.07) is 39.0. The molecule has 1 heterocycles. The molecule has 0 N–H and O–H groups in total. The zero-order valence-electron chi connectivity index (χ0n) is 15.3. The molecule has 0 atom stereocenters. The van der Waals surface area contributed by atoms with Crippen LogP contribution in [-0.2, 0) is 10.3 Å². The van der Waals surface area contributed by atoms with Crippen LogP contribution in [0.3, 0.4) is 0 Å². The molecule has 2 nitrogen and oxygen atoms in total. The largest absolute Gasteiger partial charge is 0.456 e. The monoisotopic (exact) mass is 361 g/mol. The first-order chi connectivity index (χ1) is 13.9. The Morgan fingerprint density at radius 3 is 1.64 bits per heavy atom. The third-order valence-corrected chi connectivity index (χ3v) is 5.13. The third kappa shape index (κ3) is 2.62. The highest BCUT2D eigenvalue weighted by Gasteiger charge is 2.47. The summed E-state index contributed by atoms with van der Waals surface area (Å²) in [5, 5.41) is 0. The Bertz CT molecular complexity index is 1080. The van der Waals surface area contributed by atoms with E-state index in [0.29, 0.717) is 5.90 Å². The van der Waals surface area contributed by atoms with Gasteiger partial charge in [0.1, 0.15) is 0 Å². The van der Waals surface area contributed by atoms with Gasteiger partial charge in [0.05, 0.1) is 5.69 Å². The molecule has 1 aliphatic rings. The zero-order chi connectivity index (χ0) is 18.8. The molecule has 2 heteroatoms. The summed E-state index contributed by atoms with van der Waals surface area (Å²) in [4.78, 5) is 4.84. The Morgan fingerprint density at radius 1 is 0.536 bits per heavy atom. The molecular weight excluding hydrogens is 342 g/mol. The fourth-order valence-corrected chi connectivity index (χ4v) is 3.88. The summed E-state index contributed by atoms with van der Waals surface area (Å²) >= 11 is 0. The van der Waals surface area contributed by atoms with E-state index in [1.54, 1.807) is 0 Å². The maximum absolute atomic E-state index is 6.75. The van der Waals surface area contributed by atoms with E-state index in [1.165, 1.54) is 0 Å². The average molecular weight is 361 g/mol. The van der Waals surface area contributed by atoms with Crippen molar-refractivity contribution in [3.8, 4) is 0 Å². The number of rotatable bonds is 3. The predicted octanol–water partition coefficient (Wildman–Crippen LogP) is 6.09. The predicted molar refractivity (Wildman–Crippen MR) is 113 cm³/mol. The minimum Gasteiger partial charge on any atom is -0.456 e. The Kier molecular flexibility index (Phi) is 4.02. The lowest BCUT2D eigenvalue weighted by Crippen LogP contribution is -2.29. The Balaban J connectivity index is 1.78. The van der Waals surface area contributed by atoms with Crippen molar-refractivity contribution in [2.75, 3.05) is 0 Å². The van der Waals surface area contributed by atoms with Gasteiger partial charge in [0.25, 0.3) is 0 Å². The molecule has 5 rings (SSSR count). The fraction of sp³-hybridized carbons (Fsp3) is 0.0385. The second-order valence-corrected chi connectivity index (χ2v) is 6.81. The van der Waals surface area contributed by atoms with E-state index in [0.717, 1.165) is 27.9 Å².